The van der Waals surface area contributed by atoms with Gasteiger partial charge in [-0.3, -0.25) is 0 Å². The van der Waals surface area contributed by atoms with E-state index in [2.05, 4.69) is 15.9 Å². The molecule has 2 N–H and O–H groups in total. The molecule has 0 amide bonds. The first kappa shape index (κ1) is 10.4. The number of rotatable bonds is 1. The second kappa shape index (κ2) is 3.58. The van der Waals surface area contributed by atoms with E-state index in [1.165, 1.54) is 0 Å². The molecule has 0 aromatic heterocycles. The van der Waals surface area contributed by atoms with E-state index in [1.807, 2.05) is 39.0 Å². The van der Waals surface area contributed by atoms with E-state index >= 15 is 0 Å². The Bertz CT molecular complexity index is 304. The molecule has 0 atom stereocenters. The molecule has 0 spiro atoms. The summed E-state index contributed by atoms with van der Waals surface area (Å²) in [6, 6.07) is 5.53. The van der Waals surface area contributed by atoms with Gasteiger partial charge in [-0.1, -0.05) is 0 Å². The zero-order valence-corrected chi connectivity index (χ0v) is 9.68. The third-order valence-corrected chi connectivity index (χ3v) is 2.03. The summed E-state index contributed by atoms with van der Waals surface area (Å²) >= 11 is 3.40. The Kier molecular flexibility index (Phi) is 2.86. The van der Waals surface area contributed by atoms with Gasteiger partial charge in [0.25, 0.3) is 0 Å². The van der Waals surface area contributed by atoms with E-state index in [0.29, 0.717) is 5.69 Å². The minimum atomic E-state index is -0.198. The lowest BCUT2D eigenvalue weighted by atomic mass is 10.2. The van der Waals surface area contributed by atoms with Gasteiger partial charge in [0.1, 0.15) is 11.4 Å². The lowest BCUT2D eigenvalue weighted by molar-refractivity contribution is 0.130. The number of nitrogen functional groups attached to an aromatic ring is 1. The number of halogens is 1. The van der Waals surface area contributed by atoms with Gasteiger partial charge in [-0.05, 0) is 48.8 Å². The Morgan fingerprint density at radius 2 is 1.92 bits per heavy atom. The molecule has 3 heteroatoms. The molecule has 0 fully saturated rings. The summed E-state index contributed by atoms with van der Waals surface area (Å²) in [6.45, 7) is 6.01. The van der Waals surface area contributed by atoms with Crippen molar-refractivity contribution in [2.45, 2.75) is 26.4 Å². The summed E-state index contributed by atoms with van der Waals surface area (Å²) in [6.07, 6.45) is 0. The van der Waals surface area contributed by atoms with Crippen molar-refractivity contribution in [2.24, 2.45) is 0 Å². The second-order valence-electron chi connectivity index (χ2n) is 3.90. The molecule has 0 aliphatic carbocycles. The van der Waals surface area contributed by atoms with Gasteiger partial charge in [-0.15, -0.1) is 0 Å². The molecular formula is C10H14BrNO. The van der Waals surface area contributed by atoms with Crippen LogP contribution in [-0.4, -0.2) is 5.60 Å². The summed E-state index contributed by atoms with van der Waals surface area (Å²) in [5, 5.41) is 0. The van der Waals surface area contributed by atoms with Crippen molar-refractivity contribution in [1.82, 2.24) is 0 Å². The van der Waals surface area contributed by atoms with Crippen molar-refractivity contribution in [3.8, 4) is 5.75 Å². The van der Waals surface area contributed by atoms with Crippen LogP contribution >= 0.6 is 15.9 Å². The van der Waals surface area contributed by atoms with Gasteiger partial charge in [0.2, 0.25) is 0 Å². The number of benzene rings is 1. The average Bonchev–Trinajstić information content (AvgIpc) is 1.94. The Morgan fingerprint density at radius 3 is 2.46 bits per heavy atom. The molecule has 0 unspecified atom stereocenters. The largest absolute Gasteiger partial charge is 0.487 e. The smallest absolute Gasteiger partial charge is 0.136 e. The van der Waals surface area contributed by atoms with Crippen LogP contribution in [0.3, 0.4) is 0 Å². The van der Waals surface area contributed by atoms with Crippen molar-refractivity contribution in [3.63, 3.8) is 0 Å². The Labute approximate surface area is 87.2 Å². The van der Waals surface area contributed by atoms with Crippen LogP contribution in [0, 0.1) is 0 Å². The van der Waals surface area contributed by atoms with Gasteiger partial charge in [-0.25, -0.2) is 0 Å². The highest BCUT2D eigenvalue weighted by molar-refractivity contribution is 9.10. The van der Waals surface area contributed by atoms with Gasteiger partial charge < -0.3 is 10.5 Å². The molecule has 1 rings (SSSR count). The maximum absolute atomic E-state index is 5.69. The first-order valence-corrected chi connectivity index (χ1v) is 4.92. The third-order valence-electron chi connectivity index (χ3n) is 1.37. The summed E-state index contributed by atoms with van der Waals surface area (Å²) in [4.78, 5) is 0. The van der Waals surface area contributed by atoms with Crippen molar-refractivity contribution in [3.05, 3.63) is 22.7 Å². The normalized spacial score (nSPS) is 11.4. The first-order valence-electron chi connectivity index (χ1n) is 4.12. The van der Waals surface area contributed by atoms with E-state index in [0.717, 1.165) is 10.2 Å². The average molecular weight is 244 g/mol. The maximum Gasteiger partial charge on any atom is 0.136 e. The minimum absolute atomic E-state index is 0.198. The summed E-state index contributed by atoms with van der Waals surface area (Å²) in [7, 11) is 0. The summed E-state index contributed by atoms with van der Waals surface area (Å²) in [5.74, 6) is 0.785. The topological polar surface area (TPSA) is 35.2 Å². The zero-order valence-electron chi connectivity index (χ0n) is 8.10. The summed E-state index contributed by atoms with van der Waals surface area (Å²) in [5.41, 5.74) is 6.16. The van der Waals surface area contributed by atoms with Crippen LogP contribution in [0.2, 0.25) is 0 Å². The fraction of sp³-hybridized carbons (Fsp3) is 0.400. The number of hydrogen-bond donors (Lipinski definition) is 1. The van der Waals surface area contributed by atoms with Crippen LogP contribution in [0.15, 0.2) is 22.7 Å². The summed E-state index contributed by atoms with van der Waals surface area (Å²) < 4.78 is 6.61. The fourth-order valence-corrected chi connectivity index (χ4v) is 1.26. The monoisotopic (exact) mass is 243 g/mol. The number of ether oxygens (including phenoxy) is 1. The lowest BCUT2D eigenvalue weighted by Crippen LogP contribution is -2.23. The molecule has 2 nitrogen and oxygen atoms in total. The molecular weight excluding hydrogens is 230 g/mol. The molecule has 0 aliphatic heterocycles. The van der Waals surface area contributed by atoms with E-state index in [1.54, 1.807) is 0 Å². The first-order chi connectivity index (χ1) is 5.88. The highest BCUT2D eigenvalue weighted by atomic mass is 79.9. The standard InChI is InChI=1S/C10H14BrNO/c1-10(2,3)13-9-6-7(12)4-5-8(9)11/h4-6H,12H2,1-3H3. The highest BCUT2D eigenvalue weighted by Crippen LogP contribution is 2.29. The quantitative estimate of drug-likeness (QED) is 0.770. The number of anilines is 1. The van der Waals surface area contributed by atoms with Crippen LogP contribution in [0.5, 0.6) is 5.75 Å². The Hall–Kier alpha value is -0.700. The number of hydrogen-bond acceptors (Lipinski definition) is 2. The van der Waals surface area contributed by atoms with Crippen LogP contribution < -0.4 is 10.5 Å². The predicted octanol–water partition coefficient (Wildman–Crippen LogP) is 3.21. The van der Waals surface area contributed by atoms with Crippen molar-refractivity contribution in [1.29, 1.82) is 0 Å². The zero-order chi connectivity index (χ0) is 10.1. The molecule has 72 valence electrons. The van der Waals surface area contributed by atoms with Gasteiger partial charge in [0.15, 0.2) is 0 Å². The van der Waals surface area contributed by atoms with E-state index < -0.39 is 0 Å². The van der Waals surface area contributed by atoms with Crippen molar-refractivity contribution in [2.75, 3.05) is 5.73 Å². The van der Waals surface area contributed by atoms with Gasteiger partial charge in [0, 0.05) is 11.8 Å². The van der Waals surface area contributed by atoms with Crippen LogP contribution in [0.25, 0.3) is 0 Å². The maximum atomic E-state index is 5.69. The van der Waals surface area contributed by atoms with E-state index in [-0.39, 0.29) is 5.60 Å². The van der Waals surface area contributed by atoms with Gasteiger partial charge in [0.05, 0.1) is 4.47 Å². The SMILES string of the molecule is CC(C)(C)Oc1cc(N)ccc1Br. The Morgan fingerprint density at radius 1 is 1.31 bits per heavy atom. The second-order valence-corrected chi connectivity index (χ2v) is 4.76. The minimum Gasteiger partial charge on any atom is -0.487 e. The third kappa shape index (κ3) is 3.27. The van der Waals surface area contributed by atoms with Gasteiger partial charge in [-0.2, -0.15) is 0 Å². The fourth-order valence-electron chi connectivity index (χ4n) is 0.928. The Balaban J connectivity index is 2.94. The van der Waals surface area contributed by atoms with E-state index in [4.69, 9.17) is 10.5 Å². The molecule has 0 heterocycles. The molecule has 0 saturated carbocycles. The van der Waals surface area contributed by atoms with E-state index in [9.17, 15) is 0 Å². The molecule has 0 bridgehead atoms. The van der Waals surface area contributed by atoms with Crippen LogP contribution in [0.4, 0.5) is 5.69 Å². The molecule has 0 aliphatic rings. The molecule has 13 heavy (non-hydrogen) atoms. The van der Waals surface area contributed by atoms with Crippen molar-refractivity contribution < 1.29 is 4.74 Å². The molecule has 0 saturated heterocycles. The molecule has 1 aromatic carbocycles. The number of nitrogens with two attached hydrogens (primary N) is 1. The van der Waals surface area contributed by atoms with Crippen molar-refractivity contribution >= 4 is 21.6 Å². The van der Waals surface area contributed by atoms with Crippen LogP contribution in [-0.2, 0) is 0 Å². The predicted molar refractivity (Wildman–Crippen MR) is 58.9 cm³/mol. The van der Waals surface area contributed by atoms with Crippen LogP contribution in [0.1, 0.15) is 20.8 Å². The van der Waals surface area contributed by atoms with Gasteiger partial charge >= 0.3 is 0 Å². The lowest BCUT2D eigenvalue weighted by Gasteiger charge is -2.22. The molecule has 1 aromatic rings. The molecule has 0 radical (unpaired) electrons. The highest BCUT2D eigenvalue weighted by Gasteiger charge is 2.13.